The molecular weight excluding hydrogens is 586 g/mol. The van der Waals surface area contributed by atoms with Crippen LogP contribution in [0.5, 0.6) is 0 Å². The number of thiocarbonyl (C=S) groups is 1. The van der Waals surface area contributed by atoms with Gasteiger partial charge in [0.25, 0.3) is 0 Å². The zero-order valence-electron chi connectivity index (χ0n) is 26.1. The fraction of sp³-hybridized carbons (Fsp3) is 0.514. The van der Waals surface area contributed by atoms with Crippen molar-refractivity contribution < 1.29 is 0 Å². The lowest BCUT2D eigenvalue weighted by atomic mass is 9.69. The summed E-state index contributed by atoms with van der Waals surface area (Å²) in [5.74, 6) is 3.76. The Bertz CT molecular complexity index is 1400. The molecule has 3 heterocycles. The van der Waals surface area contributed by atoms with Crippen LogP contribution in [0.25, 0.3) is 0 Å². The number of aromatic nitrogens is 2. The molecule has 1 aliphatic carbocycles. The van der Waals surface area contributed by atoms with Crippen molar-refractivity contribution in [3.8, 4) is 0 Å². The number of hydrogen-bond acceptors (Lipinski definition) is 6. The zero-order valence-corrected chi connectivity index (χ0v) is 27.7. The molecule has 2 saturated heterocycles. The normalized spacial score (nSPS) is 22.0. The fourth-order valence-corrected chi connectivity index (χ4v) is 7.85. The first-order valence-corrected chi connectivity index (χ1v) is 17.2. The Balaban J connectivity index is 1.19. The van der Waals surface area contributed by atoms with Crippen molar-refractivity contribution in [2.75, 3.05) is 65.8 Å². The third-order valence-corrected chi connectivity index (χ3v) is 10.2. The van der Waals surface area contributed by atoms with Crippen molar-refractivity contribution >= 4 is 52.2 Å². The maximum Gasteiger partial charge on any atom is 0.232 e. The highest BCUT2D eigenvalue weighted by atomic mass is 35.5. The number of rotatable bonds is 7. The summed E-state index contributed by atoms with van der Waals surface area (Å²) in [6.45, 7) is 11.2. The number of piperidine rings is 1. The second-order valence-electron chi connectivity index (χ2n) is 13.2. The van der Waals surface area contributed by atoms with E-state index in [1.54, 1.807) is 0 Å². The summed E-state index contributed by atoms with van der Waals surface area (Å²) < 4.78 is 0. The van der Waals surface area contributed by atoms with Crippen LogP contribution in [0.3, 0.4) is 0 Å². The number of hydrogen-bond donors (Lipinski definition) is 2. The maximum absolute atomic E-state index is 6.43. The zero-order chi connectivity index (χ0) is 30.5. The van der Waals surface area contributed by atoms with Gasteiger partial charge >= 0.3 is 0 Å². The summed E-state index contributed by atoms with van der Waals surface area (Å²) >= 11 is 12.3. The molecule has 0 amide bonds. The highest BCUT2D eigenvalue weighted by Gasteiger charge is 2.34. The largest absolute Gasteiger partial charge is 0.368 e. The third kappa shape index (κ3) is 7.40. The van der Waals surface area contributed by atoms with Gasteiger partial charge in [-0.25, -0.2) is 0 Å². The lowest BCUT2D eigenvalue weighted by Gasteiger charge is -2.39. The van der Waals surface area contributed by atoms with Crippen LogP contribution in [0.4, 0.5) is 23.3 Å². The standard InChI is InChI=1S/C35H46ClN7S/c1-26-20-27(2)24-43(23-26)32-22-31(42-18-16-41(17-19-42)30-12-5-3-6-13-30)38-33(39-32)40-34(44)37-25-35(14-7-4-8-15-35)28-10-9-11-29(36)21-28/h3,5-6,9-13,21-22,26-27H,4,7-8,14-20,23-25H2,1-2H3,(H2,37,38,39,40,44)/t26-,27-/m0/s1. The van der Waals surface area contributed by atoms with E-state index in [0.717, 1.165) is 75.3 Å². The topological polar surface area (TPSA) is 59.6 Å². The van der Waals surface area contributed by atoms with Crippen molar-refractivity contribution in [3.05, 3.63) is 71.2 Å². The third-order valence-electron chi connectivity index (χ3n) is 9.68. The van der Waals surface area contributed by atoms with E-state index in [0.29, 0.717) is 22.9 Å². The molecule has 0 bridgehead atoms. The lowest BCUT2D eigenvalue weighted by Crippen LogP contribution is -2.47. The molecule has 0 unspecified atom stereocenters. The van der Waals surface area contributed by atoms with Gasteiger partial charge in [0.1, 0.15) is 11.6 Å². The highest BCUT2D eigenvalue weighted by Crippen LogP contribution is 2.40. The molecule has 234 valence electrons. The Morgan fingerprint density at radius 3 is 2.18 bits per heavy atom. The number of halogens is 1. The van der Waals surface area contributed by atoms with E-state index in [1.807, 2.05) is 6.07 Å². The first-order valence-electron chi connectivity index (χ1n) is 16.4. The van der Waals surface area contributed by atoms with Gasteiger partial charge in [0, 0.05) is 68.0 Å². The first-order chi connectivity index (χ1) is 21.4. The van der Waals surface area contributed by atoms with E-state index in [1.165, 1.54) is 36.9 Å². The number of nitrogens with one attached hydrogen (secondary N) is 2. The van der Waals surface area contributed by atoms with Gasteiger partial charge in [-0.2, -0.15) is 9.97 Å². The number of nitrogens with zero attached hydrogens (tertiary/aromatic N) is 5. The van der Waals surface area contributed by atoms with Gasteiger partial charge in [0.15, 0.2) is 5.11 Å². The van der Waals surface area contributed by atoms with Crippen LogP contribution in [-0.2, 0) is 5.41 Å². The van der Waals surface area contributed by atoms with Crippen molar-refractivity contribution in [1.29, 1.82) is 0 Å². The van der Waals surface area contributed by atoms with E-state index < -0.39 is 0 Å². The summed E-state index contributed by atoms with van der Waals surface area (Å²) in [5, 5.41) is 8.30. The van der Waals surface area contributed by atoms with Gasteiger partial charge < -0.3 is 25.3 Å². The molecule has 2 N–H and O–H groups in total. The van der Waals surface area contributed by atoms with Crippen molar-refractivity contribution in [2.24, 2.45) is 11.8 Å². The molecule has 44 heavy (non-hydrogen) atoms. The molecule has 3 aromatic rings. The Morgan fingerprint density at radius 2 is 1.50 bits per heavy atom. The highest BCUT2D eigenvalue weighted by molar-refractivity contribution is 7.80. The molecular formula is C35H46ClN7S. The summed E-state index contributed by atoms with van der Waals surface area (Å²) in [6, 6.07) is 21.2. The van der Waals surface area contributed by atoms with Gasteiger partial charge in [-0.05, 0) is 73.1 Å². The number of benzene rings is 2. The molecule has 2 aliphatic heterocycles. The molecule has 6 rings (SSSR count). The van der Waals surface area contributed by atoms with Gasteiger partial charge in [-0.3, -0.25) is 0 Å². The average molecular weight is 632 g/mol. The molecule has 7 nitrogen and oxygen atoms in total. The molecule has 2 atom stereocenters. The minimum absolute atomic E-state index is 0.0151. The molecule has 1 aromatic heterocycles. The van der Waals surface area contributed by atoms with Crippen LogP contribution < -0.4 is 25.3 Å². The molecule has 3 aliphatic rings. The van der Waals surface area contributed by atoms with Crippen molar-refractivity contribution in [3.63, 3.8) is 0 Å². The molecule has 9 heteroatoms. The average Bonchev–Trinajstić information content (AvgIpc) is 3.04. The van der Waals surface area contributed by atoms with Crippen molar-refractivity contribution in [1.82, 2.24) is 15.3 Å². The number of piperazine rings is 1. The molecule has 1 saturated carbocycles. The number of anilines is 4. The lowest BCUT2D eigenvalue weighted by molar-refractivity contribution is 0.292. The second-order valence-corrected chi connectivity index (χ2v) is 14.1. The van der Waals surface area contributed by atoms with Crippen LogP contribution in [0, 0.1) is 11.8 Å². The van der Waals surface area contributed by atoms with Crippen LogP contribution in [0.2, 0.25) is 5.02 Å². The minimum atomic E-state index is 0.0151. The van der Waals surface area contributed by atoms with Crippen LogP contribution in [-0.4, -0.2) is 60.9 Å². The van der Waals surface area contributed by atoms with E-state index in [2.05, 4.69) is 93.8 Å². The summed E-state index contributed by atoms with van der Waals surface area (Å²) in [7, 11) is 0. The Morgan fingerprint density at radius 1 is 0.841 bits per heavy atom. The monoisotopic (exact) mass is 631 g/mol. The van der Waals surface area contributed by atoms with Gasteiger partial charge in [0.2, 0.25) is 5.95 Å². The molecule has 0 radical (unpaired) electrons. The van der Waals surface area contributed by atoms with E-state index >= 15 is 0 Å². The summed E-state index contributed by atoms with van der Waals surface area (Å²) in [4.78, 5) is 17.3. The first kappa shape index (κ1) is 30.9. The molecule has 0 spiro atoms. The number of para-hydroxylation sites is 1. The van der Waals surface area contributed by atoms with Gasteiger partial charge in [-0.15, -0.1) is 0 Å². The maximum atomic E-state index is 6.43. The van der Waals surface area contributed by atoms with E-state index in [-0.39, 0.29) is 5.41 Å². The summed E-state index contributed by atoms with van der Waals surface area (Å²) in [5.41, 5.74) is 2.59. The van der Waals surface area contributed by atoms with Crippen LogP contribution >= 0.6 is 23.8 Å². The Labute approximate surface area is 273 Å². The van der Waals surface area contributed by atoms with Crippen molar-refractivity contribution in [2.45, 2.75) is 57.8 Å². The smallest absolute Gasteiger partial charge is 0.232 e. The fourth-order valence-electron chi connectivity index (χ4n) is 7.49. The SMILES string of the molecule is C[C@H]1C[C@H](C)CN(c2cc(N3CCN(c4ccccc4)CC3)nc(NC(=S)NCC3(c4cccc(Cl)c4)CCCCC3)n2)C1. The van der Waals surface area contributed by atoms with E-state index in [4.69, 9.17) is 33.8 Å². The predicted octanol–water partition coefficient (Wildman–Crippen LogP) is 7.13. The molecule has 3 fully saturated rings. The van der Waals surface area contributed by atoms with Crippen LogP contribution in [0.1, 0.15) is 57.9 Å². The second kappa shape index (κ2) is 13.9. The Hall–Kier alpha value is -3.10. The van der Waals surface area contributed by atoms with Gasteiger partial charge in [0.05, 0.1) is 0 Å². The van der Waals surface area contributed by atoms with Crippen LogP contribution in [0.15, 0.2) is 60.7 Å². The Kier molecular flexibility index (Phi) is 9.77. The predicted molar refractivity (Wildman–Crippen MR) is 188 cm³/mol. The minimum Gasteiger partial charge on any atom is -0.368 e. The van der Waals surface area contributed by atoms with E-state index in [9.17, 15) is 0 Å². The molecule has 2 aromatic carbocycles. The summed E-state index contributed by atoms with van der Waals surface area (Å²) in [6.07, 6.45) is 7.21. The quantitative estimate of drug-likeness (QED) is 0.267. The van der Waals surface area contributed by atoms with Gasteiger partial charge in [-0.1, -0.05) is 75.0 Å².